The first-order chi connectivity index (χ1) is 15.5. The topological polar surface area (TPSA) is 49.7 Å². The van der Waals surface area contributed by atoms with Crippen LogP contribution >= 0.6 is 22.6 Å². The van der Waals surface area contributed by atoms with E-state index in [-0.39, 0.29) is 28.8 Å². The Kier molecular flexibility index (Phi) is 7.97. The lowest BCUT2D eigenvalue weighted by Crippen LogP contribution is -2.26. The number of rotatable bonds is 10. The zero-order valence-electron chi connectivity index (χ0n) is 19.2. The normalized spacial score (nSPS) is 31.5. The lowest BCUT2D eigenvalue weighted by Gasteiger charge is -2.27. The molecule has 4 unspecified atom stereocenters. The van der Waals surface area contributed by atoms with Crippen molar-refractivity contribution in [1.29, 1.82) is 0 Å². The summed E-state index contributed by atoms with van der Waals surface area (Å²) in [6, 6.07) is 0. The molecule has 0 aromatic heterocycles. The molecule has 0 amide bonds. The lowest BCUT2D eigenvalue weighted by atomic mass is 9.81. The average molecular weight is 570 g/mol. The van der Waals surface area contributed by atoms with Crippen LogP contribution in [0.25, 0.3) is 0 Å². The highest BCUT2D eigenvalue weighted by Crippen LogP contribution is 2.56. The molecule has 3 rings (SSSR count). The summed E-state index contributed by atoms with van der Waals surface area (Å²) in [6.07, 6.45) is 14.4. The summed E-state index contributed by atoms with van der Waals surface area (Å²) < 4.78 is 37.2. The van der Waals surface area contributed by atoms with Crippen molar-refractivity contribution >= 4 is 22.6 Å². The summed E-state index contributed by atoms with van der Waals surface area (Å²) in [5, 5.41) is 20.4. The molecular weight excluding hydrogens is 537 g/mol. The van der Waals surface area contributed by atoms with Crippen LogP contribution in [0.5, 0.6) is 0 Å². The van der Waals surface area contributed by atoms with Gasteiger partial charge in [-0.25, -0.2) is 0 Å². The summed E-state index contributed by atoms with van der Waals surface area (Å²) in [4.78, 5) is 0. The number of halogens is 3. The number of alkyl halides is 3. The second kappa shape index (κ2) is 10.2. The van der Waals surface area contributed by atoms with E-state index in [0.29, 0.717) is 12.3 Å². The molecule has 1 saturated carbocycles. The molecule has 0 aliphatic heterocycles. The van der Waals surface area contributed by atoms with Gasteiger partial charge >= 0.3 is 6.11 Å². The molecule has 33 heavy (non-hydrogen) atoms. The molecule has 3 aliphatic rings. The van der Waals surface area contributed by atoms with Gasteiger partial charge in [0, 0.05) is 10.8 Å². The van der Waals surface area contributed by atoms with Crippen molar-refractivity contribution in [2.45, 2.75) is 52.1 Å². The number of aliphatic hydroxyl groups excluding tert-OH is 2. The van der Waals surface area contributed by atoms with Gasteiger partial charge in [-0.2, -0.15) is 8.78 Å². The maximum absolute atomic E-state index is 15.4. The SMILES string of the molecule is C=CCC1CC1C1(C)C=C(O)C=CC(C(F)(F)OC2=CC(C)(CCCCI)C=C(O)C=C2)=C1. The number of hydrogen-bond donors (Lipinski definition) is 2. The molecular formula is C27H33F2IO3. The summed E-state index contributed by atoms with van der Waals surface area (Å²) in [7, 11) is 0. The van der Waals surface area contributed by atoms with Gasteiger partial charge in [-0.1, -0.05) is 55.0 Å². The van der Waals surface area contributed by atoms with E-state index in [0.717, 1.165) is 30.1 Å². The first-order valence-electron chi connectivity index (χ1n) is 11.4. The molecule has 3 nitrogen and oxygen atoms in total. The molecule has 180 valence electrons. The van der Waals surface area contributed by atoms with Crippen molar-refractivity contribution in [3.8, 4) is 0 Å². The minimum Gasteiger partial charge on any atom is -0.508 e. The van der Waals surface area contributed by atoms with Crippen LogP contribution in [0.1, 0.15) is 46.0 Å². The van der Waals surface area contributed by atoms with E-state index in [9.17, 15) is 10.2 Å². The fraction of sp³-hybridized carbons (Fsp3) is 0.481. The quantitative estimate of drug-likeness (QED) is 0.120. The molecule has 0 aromatic carbocycles. The van der Waals surface area contributed by atoms with E-state index in [1.54, 1.807) is 18.2 Å². The van der Waals surface area contributed by atoms with Crippen molar-refractivity contribution < 1.29 is 23.7 Å². The first kappa shape index (κ1) is 25.8. The molecule has 6 heteroatoms. The fourth-order valence-electron chi connectivity index (χ4n) is 4.83. The highest BCUT2D eigenvalue weighted by atomic mass is 127. The van der Waals surface area contributed by atoms with Crippen molar-refractivity contribution in [3.63, 3.8) is 0 Å². The Morgan fingerprint density at radius 2 is 1.79 bits per heavy atom. The molecule has 0 saturated heterocycles. The van der Waals surface area contributed by atoms with Crippen molar-refractivity contribution in [2.24, 2.45) is 22.7 Å². The van der Waals surface area contributed by atoms with Gasteiger partial charge in [-0.3, -0.25) is 0 Å². The van der Waals surface area contributed by atoms with Gasteiger partial charge in [0.25, 0.3) is 0 Å². The summed E-state index contributed by atoms with van der Waals surface area (Å²) in [6.45, 7) is 7.55. The zero-order valence-corrected chi connectivity index (χ0v) is 21.4. The van der Waals surface area contributed by atoms with Crippen LogP contribution < -0.4 is 0 Å². The maximum Gasteiger partial charge on any atom is 0.426 e. The Morgan fingerprint density at radius 1 is 1.09 bits per heavy atom. The van der Waals surface area contributed by atoms with E-state index >= 15 is 8.78 Å². The average Bonchev–Trinajstić information content (AvgIpc) is 3.51. The molecule has 0 spiro atoms. The summed E-state index contributed by atoms with van der Waals surface area (Å²) in [5.41, 5.74) is -1.61. The molecule has 0 bridgehead atoms. The summed E-state index contributed by atoms with van der Waals surface area (Å²) >= 11 is 2.31. The van der Waals surface area contributed by atoms with Crippen molar-refractivity contribution in [1.82, 2.24) is 0 Å². The minimum atomic E-state index is -3.61. The van der Waals surface area contributed by atoms with Crippen LogP contribution in [0.2, 0.25) is 0 Å². The van der Waals surface area contributed by atoms with E-state index in [1.165, 1.54) is 30.4 Å². The largest absolute Gasteiger partial charge is 0.508 e. The van der Waals surface area contributed by atoms with E-state index < -0.39 is 16.9 Å². The Balaban J connectivity index is 1.86. The first-order valence-corrected chi connectivity index (χ1v) is 12.9. The fourth-order valence-corrected chi connectivity index (χ4v) is 5.37. The highest BCUT2D eigenvalue weighted by molar-refractivity contribution is 14.1. The monoisotopic (exact) mass is 570 g/mol. The number of hydrogen-bond acceptors (Lipinski definition) is 3. The van der Waals surface area contributed by atoms with Gasteiger partial charge in [0.1, 0.15) is 17.3 Å². The summed E-state index contributed by atoms with van der Waals surface area (Å²) in [5.74, 6) is 0.525. The number of allylic oxidation sites excluding steroid dienone is 8. The van der Waals surface area contributed by atoms with Crippen molar-refractivity contribution in [3.05, 3.63) is 84.1 Å². The van der Waals surface area contributed by atoms with Gasteiger partial charge in [-0.05, 0) is 84.5 Å². The van der Waals surface area contributed by atoms with Crippen molar-refractivity contribution in [2.75, 3.05) is 4.43 Å². The molecule has 0 heterocycles. The Morgan fingerprint density at radius 3 is 2.48 bits per heavy atom. The third kappa shape index (κ3) is 6.61. The van der Waals surface area contributed by atoms with Crippen LogP contribution in [0, 0.1) is 22.7 Å². The van der Waals surface area contributed by atoms with Gasteiger partial charge in [0.15, 0.2) is 0 Å². The Labute approximate surface area is 209 Å². The molecule has 0 radical (unpaired) electrons. The molecule has 4 atom stereocenters. The Hall–Kier alpha value is -1.83. The second-order valence-electron chi connectivity index (χ2n) is 9.71. The number of unbranched alkanes of at least 4 members (excludes halogenated alkanes) is 1. The molecule has 0 aromatic rings. The van der Waals surface area contributed by atoms with Crippen LogP contribution in [0.4, 0.5) is 8.78 Å². The molecule has 3 aliphatic carbocycles. The smallest absolute Gasteiger partial charge is 0.426 e. The zero-order chi connectivity index (χ0) is 24.3. The van der Waals surface area contributed by atoms with Crippen LogP contribution in [0.3, 0.4) is 0 Å². The van der Waals surface area contributed by atoms with Crippen LogP contribution in [0.15, 0.2) is 84.1 Å². The highest BCUT2D eigenvalue weighted by Gasteiger charge is 2.49. The molecule has 1 fully saturated rings. The third-order valence-electron chi connectivity index (χ3n) is 6.60. The lowest BCUT2D eigenvalue weighted by molar-refractivity contribution is -0.177. The van der Waals surface area contributed by atoms with Gasteiger partial charge in [0.2, 0.25) is 0 Å². The van der Waals surface area contributed by atoms with E-state index in [4.69, 9.17) is 4.74 Å². The van der Waals surface area contributed by atoms with Crippen LogP contribution in [-0.4, -0.2) is 20.7 Å². The van der Waals surface area contributed by atoms with Gasteiger partial charge < -0.3 is 14.9 Å². The number of aliphatic hydroxyl groups is 2. The third-order valence-corrected chi connectivity index (χ3v) is 7.36. The van der Waals surface area contributed by atoms with Gasteiger partial charge in [0.05, 0.1) is 5.57 Å². The predicted molar refractivity (Wildman–Crippen MR) is 137 cm³/mol. The predicted octanol–water partition coefficient (Wildman–Crippen LogP) is 8.26. The van der Waals surface area contributed by atoms with Gasteiger partial charge in [-0.15, -0.1) is 6.58 Å². The Bertz CT molecular complexity index is 943. The van der Waals surface area contributed by atoms with E-state index in [2.05, 4.69) is 29.2 Å². The second-order valence-corrected chi connectivity index (χ2v) is 10.8. The standard InChI is InChI=1S/C27H33F2IO3/c1-4-7-19-14-24(19)26(3)15-20(8-9-22(32)17-26)27(28,29)33-23-11-10-21(31)16-25(2,18-23)12-5-6-13-30/h4,8-11,15-19,24,31-32H,1,5-7,12-14H2,2-3H3. The molecule has 2 N–H and O–H groups in total. The van der Waals surface area contributed by atoms with E-state index in [1.807, 2.05) is 19.9 Å². The van der Waals surface area contributed by atoms with Crippen LogP contribution in [-0.2, 0) is 4.74 Å². The maximum atomic E-state index is 15.4. The minimum absolute atomic E-state index is 0.00524. The number of ether oxygens (including phenoxy) is 1.